The van der Waals surface area contributed by atoms with E-state index in [0.29, 0.717) is 0 Å². The Morgan fingerprint density at radius 1 is 1.19 bits per heavy atom. The van der Waals surface area contributed by atoms with Gasteiger partial charge in [-0.25, -0.2) is 0 Å². The molecule has 0 bridgehead atoms. The zero-order chi connectivity index (χ0) is 16.4. The zero-order valence-electron chi connectivity index (χ0n) is 12.7. The van der Waals surface area contributed by atoms with Gasteiger partial charge in [0.2, 0.25) is 5.91 Å². The predicted octanol–water partition coefficient (Wildman–Crippen LogP) is 0.384. The lowest BCUT2D eigenvalue weighted by Crippen LogP contribution is -2.50. The summed E-state index contributed by atoms with van der Waals surface area (Å²) < 4.78 is 0. The van der Waals surface area contributed by atoms with E-state index in [2.05, 4.69) is 0 Å². The highest BCUT2D eigenvalue weighted by atomic mass is 16.4. The molecule has 3 unspecified atom stereocenters. The molecule has 1 amide bonds. The lowest BCUT2D eigenvalue weighted by Gasteiger charge is -2.36. The van der Waals surface area contributed by atoms with E-state index >= 15 is 0 Å². The fraction of sp³-hybridized carbons (Fsp3) is 0.786. The highest BCUT2D eigenvalue weighted by molar-refractivity contribution is 5.83. The van der Waals surface area contributed by atoms with Crippen molar-refractivity contribution in [3.05, 3.63) is 0 Å². The lowest BCUT2D eigenvalue weighted by atomic mass is 9.83. The third kappa shape index (κ3) is 4.42. The number of carbonyl (C=O) groups excluding carboxylic acids is 1. The third-order valence-corrected chi connectivity index (χ3v) is 4.11. The summed E-state index contributed by atoms with van der Waals surface area (Å²) in [7, 11) is 0. The summed E-state index contributed by atoms with van der Waals surface area (Å²) in [5.74, 6) is -4.53. The summed E-state index contributed by atoms with van der Waals surface area (Å²) in [5, 5.41) is 18.2. The Morgan fingerprint density at radius 2 is 1.71 bits per heavy atom. The average molecular weight is 300 g/mol. The van der Waals surface area contributed by atoms with Crippen molar-refractivity contribution >= 4 is 17.8 Å². The molecule has 1 heterocycles. The van der Waals surface area contributed by atoms with Crippen LogP contribution in [0, 0.1) is 17.3 Å². The number of piperidine rings is 1. The van der Waals surface area contributed by atoms with Gasteiger partial charge in [0, 0.05) is 25.6 Å². The largest absolute Gasteiger partial charge is 0.481 e. The molecule has 0 aromatic heterocycles. The molecule has 7 nitrogen and oxygen atoms in total. The Morgan fingerprint density at radius 3 is 2.14 bits per heavy atom. The number of amides is 1. The van der Waals surface area contributed by atoms with E-state index < -0.39 is 23.8 Å². The van der Waals surface area contributed by atoms with Crippen LogP contribution < -0.4 is 5.73 Å². The molecule has 1 aliphatic heterocycles. The molecular weight excluding hydrogens is 276 g/mol. The lowest BCUT2D eigenvalue weighted by molar-refractivity contribution is -0.159. The van der Waals surface area contributed by atoms with Crippen molar-refractivity contribution < 1.29 is 24.6 Å². The number of nitrogens with zero attached hydrogens (tertiary/aromatic N) is 1. The second kappa shape index (κ2) is 6.43. The normalized spacial score (nSPS) is 24.5. The number of hydrogen-bond acceptors (Lipinski definition) is 4. The first-order valence-electron chi connectivity index (χ1n) is 7.03. The van der Waals surface area contributed by atoms with Crippen LogP contribution in [0.25, 0.3) is 0 Å². The van der Waals surface area contributed by atoms with E-state index in [1.54, 1.807) is 0 Å². The van der Waals surface area contributed by atoms with Gasteiger partial charge in [-0.05, 0) is 11.8 Å². The standard InChI is InChI=1S/C14H24N2O5/c1-14(2,3)10(15)6-11(17)16-5-4-8(12(18)19)9(7-16)13(20)21/h8-10H,4-7,15H2,1-3H3,(H,18,19)(H,20,21). The Kier molecular flexibility index (Phi) is 5.33. The van der Waals surface area contributed by atoms with Crippen LogP contribution in [0.3, 0.4) is 0 Å². The maximum atomic E-state index is 12.2. The van der Waals surface area contributed by atoms with E-state index in [9.17, 15) is 14.4 Å². The summed E-state index contributed by atoms with van der Waals surface area (Å²) in [4.78, 5) is 35.9. The average Bonchev–Trinajstić information content (AvgIpc) is 2.36. The fourth-order valence-corrected chi connectivity index (χ4v) is 2.35. The van der Waals surface area contributed by atoms with Gasteiger partial charge < -0.3 is 20.8 Å². The molecular formula is C14H24N2O5. The maximum Gasteiger partial charge on any atom is 0.309 e. The Bertz CT molecular complexity index is 430. The topological polar surface area (TPSA) is 121 Å². The monoisotopic (exact) mass is 300 g/mol. The second-order valence-corrected chi connectivity index (χ2v) is 6.69. The number of hydrogen-bond donors (Lipinski definition) is 3. The Hall–Kier alpha value is -1.63. The van der Waals surface area contributed by atoms with Gasteiger partial charge in [0.15, 0.2) is 0 Å². The van der Waals surface area contributed by atoms with Gasteiger partial charge in [-0.1, -0.05) is 20.8 Å². The Labute approximate surface area is 124 Å². The minimum absolute atomic E-state index is 0.0675. The van der Waals surface area contributed by atoms with Gasteiger partial charge in [0.05, 0.1) is 11.8 Å². The zero-order valence-corrected chi connectivity index (χ0v) is 12.7. The SMILES string of the molecule is CC(C)(C)C(N)CC(=O)N1CCC(C(=O)O)C(C(=O)O)C1. The van der Waals surface area contributed by atoms with Crippen molar-refractivity contribution in [1.82, 2.24) is 4.90 Å². The highest BCUT2D eigenvalue weighted by Crippen LogP contribution is 2.26. The number of likely N-dealkylation sites (tertiary alicyclic amines) is 1. The summed E-state index contributed by atoms with van der Waals surface area (Å²) in [6.07, 6.45) is 0.288. The number of carboxylic acid groups (broad SMARTS) is 2. The van der Waals surface area contributed by atoms with Crippen molar-refractivity contribution in [2.45, 2.75) is 39.7 Å². The van der Waals surface area contributed by atoms with Crippen LogP contribution in [-0.4, -0.2) is 52.1 Å². The van der Waals surface area contributed by atoms with Crippen molar-refractivity contribution in [2.24, 2.45) is 23.0 Å². The number of carbonyl (C=O) groups is 3. The molecule has 0 radical (unpaired) electrons. The second-order valence-electron chi connectivity index (χ2n) is 6.69. The summed E-state index contributed by atoms with van der Waals surface area (Å²) in [6, 6.07) is -0.328. The molecule has 0 spiro atoms. The van der Waals surface area contributed by atoms with Crippen molar-refractivity contribution in [1.29, 1.82) is 0 Å². The molecule has 1 rings (SSSR count). The van der Waals surface area contributed by atoms with Gasteiger partial charge in [0.1, 0.15) is 0 Å². The molecule has 7 heteroatoms. The van der Waals surface area contributed by atoms with E-state index in [1.165, 1.54) is 4.90 Å². The van der Waals surface area contributed by atoms with Gasteiger partial charge in [-0.2, -0.15) is 0 Å². The summed E-state index contributed by atoms with van der Waals surface area (Å²) in [6.45, 7) is 5.99. The van der Waals surface area contributed by atoms with Crippen LogP contribution in [-0.2, 0) is 14.4 Å². The number of rotatable bonds is 4. The van der Waals surface area contributed by atoms with Gasteiger partial charge >= 0.3 is 11.9 Å². The van der Waals surface area contributed by atoms with Crippen molar-refractivity contribution in [3.8, 4) is 0 Å². The molecule has 0 aromatic rings. The van der Waals surface area contributed by atoms with E-state index in [1.807, 2.05) is 20.8 Å². The van der Waals surface area contributed by atoms with E-state index in [4.69, 9.17) is 15.9 Å². The van der Waals surface area contributed by atoms with Crippen LogP contribution >= 0.6 is 0 Å². The molecule has 1 fully saturated rings. The quantitative estimate of drug-likeness (QED) is 0.690. The first-order chi connectivity index (χ1) is 9.54. The number of nitrogens with two attached hydrogens (primary N) is 1. The predicted molar refractivity (Wildman–Crippen MR) is 75.5 cm³/mol. The van der Waals surface area contributed by atoms with Crippen LogP contribution in [0.5, 0.6) is 0 Å². The number of aliphatic carboxylic acids is 2. The highest BCUT2D eigenvalue weighted by Gasteiger charge is 2.40. The molecule has 0 aliphatic carbocycles. The number of carboxylic acids is 2. The Balaban J connectivity index is 2.72. The molecule has 4 N–H and O–H groups in total. The molecule has 0 aromatic carbocycles. The van der Waals surface area contributed by atoms with E-state index in [0.717, 1.165) is 0 Å². The summed E-state index contributed by atoms with van der Waals surface area (Å²) >= 11 is 0. The molecule has 1 aliphatic rings. The maximum absolute atomic E-state index is 12.2. The first kappa shape index (κ1) is 17.4. The first-order valence-corrected chi connectivity index (χ1v) is 7.03. The smallest absolute Gasteiger partial charge is 0.309 e. The van der Waals surface area contributed by atoms with Gasteiger partial charge in [-0.3, -0.25) is 14.4 Å². The van der Waals surface area contributed by atoms with Crippen LogP contribution in [0.15, 0.2) is 0 Å². The molecule has 21 heavy (non-hydrogen) atoms. The summed E-state index contributed by atoms with van der Waals surface area (Å²) in [5.41, 5.74) is 5.75. The van der Waals surface area contributed by atoms with Crippen molar-refractivity contribution in [2.75, 3.05) is 13.1 Å². The minimum Gasteiger partial charge on any atom is -0.481 e. The van der Waals surface area contributed by atoms with E-state index in [-0.39, 0.29) is 43.3 Å². The van der Waals surface area contributed by atoms with Crippen LogP contribution in [0.2, 0.25) is 0 Å². The molecule has 3 atom stereocenters. The minimum atomic E-state index is -1.18. The van der Waals surface area contributed by atoms with Crippen LogP contribution in [0.4, 0.5) is 0 Å². The third-order valence-electron chi connectivity index (χ3n) is 4.11. The molecule has 0 saturated carbocycles. The molecule has 120 valence electrons. The fourth-order valence-electron chi connectivity index (χ4n) is 2.35. The molecule has 1 saturated heterocycles. The van der Waals surface area contributed by atoms with Gasteiger partial charge in [0.25, 0.3) is 0 Å². The van der Waals surface area contributed by atoms with Crippen LogP contribution in [0.1, 0.15) is 33.6 Å². The van der Waals surface area contributed by atoms with Gasteiger partial charge in [-0.15, -0.1) is 0 Å². The van der Waals surface area contributed by atoms with Crippen molar-refractivity contribution in [3.63, 3.8) is 0 Å².